The second kappa shape index (κ2) is 8.17. The lowest BCUT2D eigenvalue weighted by Crippen LogP contribution is -2.14. The highest BCUT2D eigenvalue weighted by Crippen LogP contribution is 2.28. The number of rotatable bonds is 5. The SMILES string of the molecule is CCOC(=O)c1ccc(-c2ccc(C(C)(C)C)cc2)cc1C(=O)OCC. The summed E-state index contributed by atoms with van der Waals surface area (Å²) in [7, 11) is 0. The Morgan fingerprint density at radius 3 is 1.77 bits per heavy atom. The predicted octanol–water partition coefficient (Wildman–Crippen LogP) is 5.00. The van der Waals surface area contributed by atoms with Crippen LogP contribution in [0.5, 0.6) is 0 Å². The maximum atomic E-state index is 12.3. The minimum absolute atomic E-state index is 0.0718. The lowest BCUT2D eigenvalue weighted by Gasteiger charge is -2.19. The van der Waals surface area contributed by atoms with E-state index in [1.807, 2.05) is 18.2 Å². The third-order valence-corrected chi connectivity index (χ3v) is 4.09. The second-order valence-corrected chi connectivity index (χ2v) is 7.03. The van der Waals surface area contributed by atoms with Gasteiger partial charge in [0, 0.05) is 0 Å². The van der Waals surface area contributed by atoms with Crippen LogP contribution in [-0.2, 0) is 14.9 Å². The molecule has 0 aliphatic carbocycles. The summed E-state index contributed by atoms with van der Waals surface area (Å²) in [6.45, 7) is 10.4. The summed E-state index contributed by atoms with van der Waals surface area (Å²) in [6, 6.07) is 13.3. The lowest BCUT2D eigenvalue weighted by molar-refractivity contribution is 0.0479. The molecule has 0 aromatic heterocycles. The van der Waals surface area contributed by atoms with Crippen molar-refractivity contribution in [1.82, 2.24) is 0 Å². The molecule has 0 radical (unpaired) electrons. The molecule has 0 spiro atoms. The highest BCUT2D eigenvalue weighted by Gasteiger charge is 2.20. The normalized spacial score (nSPS) is 11.1. The van der Waals surface area contributed by atoms with Gasteiger partial charge in [0.2, 0.25) is 0 Å². The van der Waals surface area contributed by atoms with Crippen LogP contribution in [0.25, 0.3) is 11.1 Å². The van der Waals surface area contributed by atoms with Crippen LogP contribution in [0.3, 0.4) is 0 Å². The molecule has 0 amide bonds. The van der Waals surface area contributed by atoms with Gasteiger partial charge in [0.1, 0.15) is 0 Å². The van der Waals surface area contributed by atoms with Gasteiger partial charge in [-0.2, -0.15) is 0 Å². The van der Waals surface area contributed by atoms with Crippen molar-refractivity contribution in [2.24, 2.45) is 0 Å². The van der Waals surface area contributed by atoms with Gasteiger partial charge in [-0.3, -0.25) is 0 Å². The summed E-state index contributed by atoms with van der Waals surface area (Å²) >= 11 is 0. The van der Waals surface area contributed by atoms with E-state index in [2.05, 4.69) is 32.9 Å². The van der Waals surface area contributed by atoms with Gasteiger partial charge < -0.3 is 9.47 Å². The zero-order valence-electron chi connectivity index (χ0n) is 16.1. The minimum atomic E-state index is -0.524. The topological polar surface area (TPSA) is 52.6 Å². The number of esters is 2. The minimum Gasteiger partial charge on any atom is -0.462 e. The Balaban J connectivity index is 2.46. The fourth-order valence-electron chi connectivity index (χ4n) is 2.65. The molecule has 2 aromatic carbocycles. The first-order valence-corrected chi connectivity index (χ1v) is 8.87. The van der Waals surface area contributed by atoms with Gasteiger partial charge in [-0.1, -0.05) is 51.1 Å². The molecular weight excluding hydrogens is 328 g/mol. The van der Waals surface area contributed by atoms with Gasteiger partial charge in [0.25, 0.3) is 0 Å². The van der Waals surface area contributed by atoms with E-state index in [0.29, 0.717) is 0 Å². The van der Waals surface area contributed by atoms with Crippen molar-refractivity contribution in [3.63, 3.8) is 0 Å². The number of benzene rings is 2. The van der Waals surface area contributed by atoms with Crippen molar-refractivity contribution in [2.75, 3.05) is 13.2 Å². The second-order valence-electron chi connectivity index (χ2n) is 7.03. The maximum Gasteiger partial charge on any atom is 0.339 e. The van der Waals surface area contributed by atoms with E-state index >= 15 is 0 Å². The monoisotopic (exact) mass is 354 g/mol. The van der Waals surface area contributed by atoms with Crippen LogP contribution in [0.2, 0.25) is 0 Å². The number of ether oxygens (including phenoxy) is 2. The van der Waals surface area contributed by atoms with Gasteiger partial charge in [-0.15, -0.1) is 0 Å². The Hall–Kier alpha value is -2.62. The summed E-state index contributed by atoms with van der Waals surface area (Å²) in [5.74, 6) is -1.05. The van der Waals surface area contributed by atoms with E-state index < -0.39 is 11.9 Å². The van der Waals surface area contributed by atoms with Crippen LogP contribution >= 0.6 is 0 Å². The first-order chi connectivity index (χ1) is 12.3. The summed E-state index contributed by atoms with van der Waals surface area (Å²) < 4.78 is 10.2. The van der Waals surface area contributed by atoms with Crippen LogP contribution in [0.4, 0.5) is 0 Å². The number of carbonyl (C=O) groups is 2. The average Bonchev–Trinajstić information content (AvgIpc) is 2.61. The third-order valence-electron chi connectivity index (χ3n) is 4.09. The molecule has 0 saturated carbocycles. The van der Waals surface area contributed by atoms with Gasteiger partial charge in [0.15, 0.2) is 0 Å². The summed E-state index contributed by atoms with van der Waals surface area (Å²) in [4.78, 5) is 24.5. The highest BCUT2D eigenvalue weighted by atomic mass is 16.5. The Morgan fingerprint density at radius 2 is 1.27 bits per heavy atom. The van der Waals surface area contributed by atoms with Crippen LogP contribution in [0.15, 0.2) is 42.5 Å². The molecular formula is C22H26O4. The highest BCUT2D eigenvalue weighted by molar-refractivity contribution is 6.04. The van der Waals surface area contributed by atoms with E-state index in [4.69, 9.17) is 9.47 Å². The number of hydrogen-bond donors (Lipinski definition) is 0. The first-order valence-electron chi connectivity index (χ1n) is 8.87. The third kappa shape index (κ3) is 4.51. The maximum absolute atomic E-state index is 12.3. The fraction of sp³-hybridized carbons (Fsp3) is 0.364. The Labute approximate surface area is 155 Å². The molecule has 0 unspecified atom stereocenters. The predicted molar refractivity (Wildman–Crippen MR) is 102 cm³/mol. The Morgan fingerprint density at radius 1 is 0.769 bits per heavy atom. The zero-order valence-corrected chi connectivity index (χ0v) is 16.1. The average molecular weight is 354 g/mol. The van der Waals surface area contributed by atoms with Crippen LogP contribution in [0, 0.1) is 0 Å². The molecule has 0 bridgehead atoms. The smallest absolute Gasteiger partial charge is 0.339 e. The van der Waals surface area contributed by atoms with Gasteiger partial charge in [-0.25, -0.2) is 9.59 Å². The molecule has 0 atom stereocenters. The van der Waals surface area contributed by atoms with Crippen molar-refractivity contribution in [3.05, 3.63) is 59.2 Å². The molecule has 4 heteroatoms. The number of hydrogen-bond acceptors (Lipinski definition) is 4. The van der Waals surface area contributed by atoms with Crippen molar-refractivity contribution in [3.8, 4) is 11.1 Å². The standard InChI is InChI=1S/C22H26O4/c1-6-25-20(23)18-13-10-16(14-19(18)21(24)26-7-2)15-8-11-17(12-9-15)22(3,4)5/h8-14H,6-7H2,1-5H3. The van der Waals surface area contributed by atoms with Gasteiger partial charge in [0.05, 0.1) is 24.3 Å². The van der Waals surface area contributed by atoms with E-state index in [9.17, 15) is 9.59 Å². The van der Waals surface area contributed by atoms with E-state index in [1.165, 1.54) is 5.56 Å². The van der Waals surface area contributed by atoms with E-state index in [0.717, 1.165) is 11.1 Å². The van der Waals surface area contributed by atoms with E-state index in [-0.39, 0.29) is 29.8 Å². The quantitative estimate of drug-likeness (QED) is 0.709. The van der Waals surface area contributed by atoms with Crippen LogP contribution < -0.4 is 0 Å². The van der Waals surface area contributed by atoms with Crippen molar-refractivity contribution in [2.45, 2.75) is 40.0 Å². The van der Waals surface area contributed by atoms with Gasteiger partial charge in [-0.05, 0) is 48.1 Å². The van der Waals surface area contributed by atoms with Crippen molar-refractivity contribution in [1.29, 1.82) is 0 Å². The molecule has 0 aliphatic heterocycles. The molecule has 0 saturated heterocycles. The molecule has 4 nitrogen and oxygen atoms in total. The molecule has 26 heavy (non-hydrogen) atoms. The molecule has 0 fully saturated rings. The van der Waals surface area contributed by atoms with Gasteiger partial charge >= 0.3 is 11.9 Å². The summed E-state index contributed by atoms with van der Waals surface area (Å²) in [5.41, 5.74) is 3.57. The van der Waals surface area contributed by atoms with Crippen molar-refractivity contribution >= 4 is 11.9 Å². The summed E-state index contributed by atoms with van der Waals surface area (Å²) in [5, 5.41) is 0. The van der Waals surface area contributed by atoms with E-state index in [1.54, 1.807) is 26.0 Å². The molecule has 0 aliphatic rings. The summed E-state index contributed by atoms with van der Waals surface area (Å²) in [6.07, 6.45) is 0. The number of carbonyl (C=O) groups excluding carboxylic acids is 2. The lowest BCUT2D eigenvalue weighted by atomic mass is 9.86. The molecule has 2 aromatic rings. The molecule has 2 rings (SSSR count). The molecule has 138 valence electrons. The zero-order chi connectivity index (χ0) is 19.3. The Bertz CT molecular complexity index is 783. The molecule has 0 heterocycles. The van der Waals surface area contributed by atoms with Crippen molar-refractivity contribution < 1.29 is 19.1 Å². The fourth-order valence-corrected chi connectivity index (χ4v) is 2.65. The van der Waals surface area contributed by atoms with Crippen LogP contribution in [-0.4, -0.2) is 25.2 Å². The molecule has 0 N–H and O–H groups in total. The Kier molecular flexibility index (Phi) is 6.19. The largest absolute Gasteiger partial charge is 0.462 e. The van der Waals surface area contributed by atoms with Crippen LogP contribution in [0.1, 0.15) is 60.9 Å². The first kappa shape index (κ1) is 19.7.